The Morgan fingerprint density at radius 1 is 1.27 bits per heavy atom. The lowest BCUT2D eigenvalue weighted by Crippen LogP contribution is -2.45. The quantitative estimate of drug-likeness (QED) is 0.892. The first-order chi connectivity index (χ1) is 10.6. The van der Waals surface area contributed by atoms with Gasteiger partial charge in [-0.1, -0.05) is 13.8 Å². The lowest BCUT2D eigenvalue weighted by Gasteiger charge is -2.36. The molecule has 4 nitrogen and oxygen atoms in total. The normalized spacial score (nSPS) is 24.7. The summed E-state index contributed by atoms with van der Waals surface area (Å²) in [6, 6.07) is 6.79. The third kappa shape index (κ3) is 3.87. The molecular formula is C18H28N4. The van der Waals surface area contributed by atoms with Gasteiger partial charge in [0.25, 0.3) is 0 Å². The van der Waals surface area contributed by atoms with Crippen molar-refractivity contribution in [2.75, 3.05) is 19.6 Å². The van der Waals surface area contributed by atoms with Crippen molar-refractivity contribution in [2.45, 2.75) is 39.8 Å². The maximum atomic E-state index is 4.65. The number of piperidine rings is 1. The topological polar surface area (TPSA) is 44.0 Å². The summed E-state index contributed by atoms with van der Waals surface area (Å²) in [6.07, 6.45) is 3.31. The maximum Gasteiger partial charge on any atom is 0.137 e. The van der Waals surface area contributed by atoms with Crippen LogP contribution in [0.3, 0.4) is 0 Å². The molecule has 1 aliphatic rings. The molecule has 0 spiro atoms. The second kappa shape index (κ2) is 6.80. The highest BCUT2D eigenvalue weighted by atomic mass is 15.2. The van der Waals surface area contributed by atoms with Gasteiger partial charge in [0.1, 0.15) is 5.65 Å². The second-order valence-electron chi connectivity index (χ2n) is 7.16. The van der Waals surface area contributed by atoms with Gasteiger partial charge >= 0.3 is 0 Å². The number of hydrogen-bond donors (Lipinski definition) is 2. The van der Waals surface area contributed by atoms with Crippen molar-refractivity contribution < 1.29 is 0 Å². The molecule has 0 amide bonds. The van der Waals surface area contributed by atoms with Crippen molar-refractivity contribution in [3.05, 3.63) is 30.1 Å². The molecule has 0 aliphatic carbocycles. The van der Waals surface area contributed by atoms with E-state index in [1.807, 2.05) is 6.20 Å². The fourth-order valence-electron chi connectivity index (χ4n) is 3.74. The molecule has 120 valence electrons. The average Bonchev–Trinajstić information content (AvgIpc) is 2.91. The van der Waals surface area contributed by atoms with Crippen molar-refractivity contribution in [2.24, 2.45) is 11.8 Å². The maximum absolute atomic E-state index is 4.65. The van der Waals surface area contributed by atoms with E-state index in [2.05, 4.69) is 59.2 Å². The zero-order valence-corrected chi connectivity index (χ0v) is 14.0. The van der Waals surface area contributed by atoms with Crippen LogP contribution in [0.2, 0.25) is 0 Å². The number of pyridine rings is 1. The number of aromatic nitrogens is 2. The standard InChI is InChI=1S/C18H28N4/c1-13-8-14(2)11-22(10-13)12-15(3)20-9-17-5-4-16-6-7-19-18(16)21-17/h4-7,13-15,20H,8-12H2,1-3H3,(H,19,21). The van der Waals surface area contributed by atoms with Gasteiger partial charge in [0.15, 0.2) is 0 Å². The number of hydrogen-bond acceptors (Lipinski definition) is 3. The van der Waals surface area contributed by atoms with Crippen molar-refractivity contribution >= 4 is 11.0 Å². The molecular weight excluding hydrogens is 272 g/mol. The Morgan fingerprint density at radius 2 is 2.05 bits per heavy atom. The molecule has 2 aromatic heterocycles. The van der Waals surface area contributed by atoms with E-state index in [-0.39, 0.29) is 0 Å². The third-order valence-corrected chi connectivity index (χ3v) is 4.58. The van der Waals surface area contributed by atoms with Crippen LogP contribution in [0.1, 0.15) is 32.9 Å². The van der Waals surface area contributed by atoms with Gasteiger partial charge < -0.3 is 15.2 Å². The zero-order chi connectivity index (χ0) is 15.5. The van der Waals surface area contributed by atoms with Crippen molar-refractivity contribution in [1.29, 1.82) is 0 Å². The summed E-state index contributed by atoms with van der Waals surface area (Å²) >= 11 is 0. The highest BCUT2D eigenvalue weighted by Crippen LogP contribution is 2.20. The molecule has 2 aromatic rings. The minimum atomic E-state index is 0.485. The molecule has 3 atom stereocenters. The highest BCUT2D eigenvalue weighted by Gasteiger charge is 2.22. The summed E-state index contributed by atoms with van der Waals surface area (Å²) in [5, 5.41) is 4.79. The summed E-state index contributed by atoms with van der Waals surface area (Å²) < 4.78 is 0. The Morgan fingerprint density at radius 3 is 2.82 bits per heavy atom. The third-order valence-electron chi connectivity index (χ3n) is 4.58. The van der Waals surface area contributed by atoms with E-state index in [0.29, 0.717) is 6.04 Å². The van der Waals surface area contributed by atoms with Gasteiger partial charge in [-0.3, -0.25) is 0 Å². The Labute approximate surface area is 133 Å². The molecule has 22 heavy (non-hydrogen) atoms. The lowest BCUT2D eigenvalue weighted by atomic mass is 9.92. The highest BCUT2D eigenvalue weighted by molar-refractivity contribution is 5.75. The number of fused-ring (bicyclic) bond motifs is 1. The predicted molar refractivity (Wildman–Crippen MR) is 91.8 cm³/mol. The fraction of sp³-hybridized carbons (Fsp3) is 0.611. The first kappa shape index (κ1) is 15.5. The largest absolute Gasteiger partial charge is 0.346 e. The molecule has 0 radical (unpaired) electrons. The number of H-pyrrole nitrogens is 1. The molecule has 1 saturated heterocycles. The van der Waals surface area contributed by atoms with E-state index in [0.717, 1.165) is 36.3 Å². The summed E-state index contributed by atoms with van der Waals surface area (Å²) in [6.45, 7) is 11.4. The first-order valence-corrected chi connectivity index (χ1v) is 8.49. The number of aromatic amines is 1. The molecule has 1 fully saturated rings. The number of likely N-dealkylation sites (tertiary alicyclic amines) is 1. The van der Waals surface area contributed by atoms with E-state index in [1.54, 1.807) is 0 Å². The molecule has 0 aromatic carbocycles. The van der Waals surface area contributed by atoms with Crippen LogP contribution in [0, 0.1) is 11.8 Å². The summed E-state index contributed by atoms with van der Waals surface area (Å²) in [7, 11) is 0. The minimum Gasteiger partial charge on any atom is -0.346 e. The molecule has 3 heterocycles. The van der Waals surface area contributed by atoms with Crippen LogP contribution >= 0.6 is 0 Å². The Balaban J connectivity index is 1.50. The molecule has 0 saturated carbocycles. The smallest absolute Gasteiger partial charge is 0.137 e. The van der Waals surface area contributed by atoms with Gasteiger partial charge in [0, 0.05) is 43.8 Å². The lowest BCUT2D eigenvalue weighted by molar-refractivity contribution is 0.130. The Kier molecular flexibility index (Phi) is 4.79. The van der Waals surface area contributed by atoms with E-state index in [9.17, 15) is 0 Å². The van der Waals surface area contributed by atoms with Gasteiger partial charge in [0.05, 0.1) is 5.69 Å². The van der Waals surface area contributed by atoms with Gasteiger partial charge in [-0.05, 0) is 43.4 Å². The van der Waals surface area contributed by atoms with Crippen molar-refractivity contribution in [3.8, 4) is 0 Å². The Hall–Kier alpha value is -1.39. The van der Waals surface area contributed by atoms with E-state index in [1.165, 1.54) is 24.9 Å². The number of rotatable bonds is 5. The average molecular weight is 300 g/mol. The van der Waals surface area contributed by atoms with Gasteiger partial charge in [-0.2, -0.15) is 0 Å². The van der Waals surface area contributed by atoms with Crippen molar-refractivity contribution in [1.82, 2.24) is 20.2 Å². The van der Waals surface area contributed by atoms with E-state index >= 15 is 0 Å². The van der Waals surface area contributed by atoms with Gasteiger partial charge in [-0.15, -0.1) is 0 Å². The van der Waals surface area contributed by atoms with Crippen LogP contribution < -0.4 is 5.32 Å². The molecule has 0 bridgehead atoms. The van der Waals surface area contributed by atoms with E-state index in [4.69, 9.17) is 0 Å². The monoisotopic (exact) mass is 300 g/mol. The number of nitrogens with one attached hydrogen (secondary N) is 2. The van der Waals surface area contributed by atoms with Gasteiger partial charge in [-0.25, -0.2) is 4.98 Å². The summed E-state index contributed by atoms with van der Waals surface area (Å²) in [5.41, 5.74) is 2.08. The zero-order valence-electron chi connectivity index (χ0n) is 14.0. The predicted octanol–water partition coefficient (Wildman–Crippen LogP) is 3.02. The van der Waals surface area contributed by atoms with Crippen LogP contribution in [0.25, 0.3) is 11.0 Å². The van der Waals surface area contributed by atoms with E-state index < -0.39 is 0 Å². The van der Waals surface area contributed by atoms with Crippen LogP contribution in [-0.4, -0.2) is 40.5 Å². The molecule has 3 rings (SSSR count). The molecule has 4 heteroatoms. The SMILES string of the molecule is CC1CC(C)CN(CC(C)NCc2ccc3cc[nH]c3n2)C1. The molecule has 1 aliphatic heterocycles. The van der Waals surface area contributed by atoms with Crippen LogP contribution in [0.5, 0.6) is 0 Å². The molecule has 3 unspecified atom stereocenters. The summed E-state index contributed by atoms with van der Waals surface area (Å²) in [5.74, 6) is 1.65. The second-order valence-corrected chi connectivity index (χ2v) is 7.16. The van der Waals surface area contributed by atoms with Crippen LogP contribution in [-0.2, 0) is 6.54 Å². The number of nitrogens with zero attached hydrogens (tertiary/aromatic N) is 2. The van der Waals surface area contributed by atoms with Crippen molar-refractivity contribution in [3.63, 3.8) is 0 Å². The minimum absolute atomic E-state index is 0.485. The molecule has 2 N–H and O–H groups in total. The first-order valence-electron chi connectivity index (χ1n) is 8.49. The summed E-state index contributed by atoms with van der Waals surface area (Å²) in [4.78, 5) is 10.4. The fourth-order valence-corrected chi connectivity index (χ4v) is 3.74. The Bertz CT molecular complexity index is 596. The van der Waals surface area contributed by atoms with Gasteiger partial charge in [0.2, 0.25) is 0 Å². The van der Waals surface area contributed by atoms with Crippen LogP contribution in [0.4, 0.5) is 0 Å². The van der Waals surface area contributed by atoms with Crippen LogP contribution in [0.15, 0.2) is 24.4 Å².